The van der Waals surface area contributed by atoms with Crippen LogP contribution in [0.15, 0.2) is 53.5 Å². The third kappa shape index (κ3) is 2.96. The first-order valence-electron chi connectivity index (χ1n) is 8.26. The van der Waals surface area contributed by atoms with Gasteiger partial charge in [0.2, 0.25) is 0 Å². The number of halogens is 3. The van der Waals surface area contributed by atoms with E-state index in [0.717, 1.165) is 17.0 Å². The molecule has 26 heavy (non-hydrogen) atoms. The number of benzene rings is 2. The molecule has 1 aromatic heterocycles. The first-order chi connectivity index (χ1) is 12.2. The van der Waals surface area contributed by atoms with E-state index in [2.05, 4.69) is 10.2 Å². The summed E-state index contributed by atoms with van der Waals surface area (Å²) in [5.74, 6) is 0. The van der Waals surface area contributed by atoms with Crippen LogP contribution in [0.5, 0.6) is 0 Å². The van der Waals surface area contributed by atoms with Crippen molar-refractivity contribution in [1.82, 2.24) is 10.2 Å². The summed E-state index contributed by atoms with van der Waals surface area (Å²) in [6.07, 6.45) is -3.92. The van der Waals surface area contributed by atoms with Crippen LogP contribution in [0.3, 0.4) is 0 Å². The predicted octanol–water partition coefficient (Wildman–Crippen LogP) is 4.82. The molecule has 0 N–H and O–H groups in total. The second-order valence-electron chi connectivity index (χ2n) is 7.11. The van der Waals surface area contributed by atoms with Crippen LogP contribution in [-0.4, -0.2) is 21.4 Å². The molecule has 1 aliphatic heterocycles. The standard InChI is InChI=1S/C20H16F3N3/c1-19(2)11-13-9-14(20(21,22)23)7-8-15(13)18(24-19)17-10-12-5-3-4-6-16(12)25-26-17/h3-10H,11H2,1-2H3. The summed E-state index contributed by atoms with van der Waals surface area (Å²) >= 11 is 0. The van der Waals surface area contributed by atoms with Gasteiger partial charge in [0.25, 0.3) is 0 Å². The fourth-order valence-corrected chi connectivity index (χ4v) is 3.31. The summed E-state index contributed by atoms with van der Waals surface area (Å²) in [6, 6.07) is 13.3. The highest BCUT2D eigenvalue weighted by Crippen LogP contribution is 2.35. The lowest BCUT2D eigenvalue weighted by Gasteiger charge is -2.29. The van der Waals surface area contributed by atoms with Crippen molar-refractivity contribution in [3.05, 3.63) is 70.9 Å². The normalized spacial score (nSPS) is 16.3. The minimum absolute atomic E-state index is 0.441. The Balaban J connectivity index is 1.89. The lowest BCUT2D eigenvalue weighted by atomic mass is 9.85. The van der Waals surface area contributed by atoms with Crippen LogP contribution in [-0.2, 0) is 12.6 Å². The largest absolute Gasteiger partial charge is 0.416 e. The monoisotopic (exact) mass is 355 g/mol. The lowest BCUT2D eigenvalue weighted by Crippen LogP contribution is -2.30. The van der Waals surface area contributed by atoms with Gasteiger partial charge in [-0.25, -0.2) is 0 Å². The third-order valence-electron chi connectivity index (χ3n) is 4.46. The summed E-state index contributed by atoms with van der Waals surface area (Å²) in [6.45, 7) is 3.81. The van der Waals surface area contributed by atoms with Crippen molar-refractivity contribution in [3.8, 4) is 0 Å². The van der Waals surface area contributed by atoms with E-state index in [4.69, 9.17) is 4.99 Å². The number of nitrogens with zero attached hydrogens (tertiary/aromatic N) is 3. The van der Waals surface area contributed by atoms with Crippen molar-refractivity contribution in [2.75, 3.05) is 0 Å². The molecule has 0 unspecified atom stereocenters. The number of aromatic nitrogens is 2. The maximum Gasteiger partial charge on any atom is 0.416 e. The van der Waals surface area contributed by atoms with Gasteiger partial charge in [0.15, 0.2) is 0 Å². The molecule has 0 radical (unpaired) electrons. The van der Waals surface area contributed by atoms with Gasteiger partial charge in [0, 0.05) is 10.9 Å². The van der Waals surface area contributed by atoms with Gasteiger partial charge < -0.3 is 0 Å². The molecule has 1 aliphatic rings. The van der Waals surface area contributed by atoms with E-state index in [1.807, 2.05) is 44.2 Å². The zero-order valence-corrected chi connectivity index (χ0v) is 14.3. The Morgan fingerprint density at radius 1 is 0.962 bits per heavy atom. The first-order valence-corrected chi connectivity index (χ1v) is 8.26. The number of hydrogen-bond acceptors (Lipinski definition) is 3. The van der Waals surface area contributed by atoms with E-state index >= 15 is 0 Å². The number of aliphatic imine (C=N–C) groups is 1. The molecule has 0 fully saturated rings. The number of hydrogen-bond donors (Lipinski definition) is 0. The third-order valence-corrected chi connectivity index (χ3v) is 4.46. The molecule has 0 saturated carbocycles. The van der Waals surface area contributed by atoms with Crippen molar-refractivity contribution in [3.63, 3.8) is 0 Å². The average Bonchev–Trinajstić information content (AvgIpc) is 2.58. The summed E-state index contributed by atoms with van der Waals surface area (Å²) in [5.41, 5.74) is 2.07. The molecular formula is C20H16F3N3. The lowest BCUT2D eigenvalue weighted by molar-refractivity contribution is -0.137. The quantitative estimate of drug-likeness (QED) is 0.628. The molecule has 3 nitrogen and oxygen atoms in total. The van der Waals surface area contributed by atoms with Gasteiger partial charge in [0.05, 0.1) is 22.3 Å². The van der Waals surface area contributed by atoms with Crippen LogP contribution >= 0.6 is 0 Å². The summed E-state index contributed by atoms with van der Waals surface area (Å²) in [5, 5.41) is 9.40. The molecule has 2 aromatic carbocycles. The van der Waals surface area contributed by atoms with Crippen molar-refractivity contribution in [1.29, 1.82) is 0 Å². The predicted molar refractivity (Wildman–Crippen MR) is 94.4 cm³/mol. The van der Waals surface area contributed by atoms with E-state index in [1.165, 1.54) is 12.1 Å². The average molecular weight is 355 g/mol. The van der Waals surface area contributed by atoms with Crippen LogP contribution in [0.2, 0.25) is 0 Å². The van der Waals surface area contributed by atoms with Gasteiger partial charge in [-0.2, -0.15) is 13.2 Å². The Morgan fingerprint density at radius 2 is 1.73 bits per heavy atom. The van der Waals surface area contributed by atoms with Crippen LogP contribution in [0, 0.1) is 0 Å². The van der Waals surface area contributed by atoms with Crippen LogP contribution in [0.25, 0.3) is 10.9 Å². The number of alkyl halides is 3. The topological polar surface area (TPSA) is 38.1 Å². The summed E-state index contributed by atoms with van der Waals surface area (Å²) in [7, 11) is 0. The van der Waals surface area contributed by atoms with Gasteiger partial charge in [-0.15, -0.1) is 10.2 Å². The highest BCUT2D eigenvalue weighted by Gasteiger charge is 2.34. The van der Waals surface area contributed by atoms with Gasteiger partial charge in [-0.05, 0) is 50.1 Å². The highest BCUT2D eigenvalue weighted by molar-refractivity contribution is 6.14. The zero-order chi connectivity index (χ0) is 18.5. The van der Waals surface area contributed by atoms with E-state index < -0.39 is 17.3 Å². The van der Waals surface area contributed by atoms with Crippen molar-refractivity contribution in [2.45, 2.75) is 32.0 Å². The Hall–Kier alpha value is -2.76. The molecule has 0 spiro atoms. The van der Waals surface area contributed by atoms with E-state index in [0.29, 0.717) is 29.0 Å². The molecule has 6 heteroatoms. The molecule has 3 aromatic rings. The smallest absolute Gasteiger partial charge is 0.276 e. The SMILES string of the molecule is CC1(C)Cc2cc(C(F)(F)F)ccc2C(c2cc3ccccc3nn2)=N1. The van der Waals surface area contributed by atoms with Crippen LogP contribution in [0.4, 0.5) is 13.2 Å². The fourth-order valence-electron chi connectivity index (χ4n) is 3.31. The van der Waals surface area contributed by atoms with Gasteiger partial charge in [-0.3, -0.25) is 4.99 Å². The Kier molecular flexibility index (Phi) is 3.61. The second kappa shape index (κ2) is 5.62. The van der Waals surface area contributed by atoms with Gasteiger partial charge >= 0.3 is 6.18 Å². The second-order valence-corrected chi connectivity index (χ2v) is 7.11. The molecule has 0 amide bonds. The molecular weight excluding hydrogens is 339 g/mol. The van der Waals surface area contributed by atoms with Crippen molar-refractivity contribution >= 4 is 16.6 Å². The van der Waals surface area contributed by atoms with Gasteiger partial charge in [0.1, 0.15) is 5.69 Å². The molecule has 0 aliphatic carbocycles. The summed E-state index contributed by atoms with van der Waals surface area (Å²) < 4.78 is 39.3. The maximum atomic E-state index is 13.1. The molecule has 2 heterocycles. The first kappa shape index (κ1) is 16.7. The van der Waals surface area contributed by atoms with E-state index in [1.54, 1.807) is 0 Å². The Bertz CT molecular complexity index is 1040. The van der Waals surface area contributed by atoms with Crippen LogP contribution in [0.1, 0.15) is 36.2 Å². The van der Waals surface area contributed by atoms with Crippen molar-refractivity contribution < 1.29 is 13.2 Å². The van der Waals surface area contributed by atoms with Crippen LogP contribution < -0.4 is 0 Å². The Morgan fingerprint density at radius 3 is 2.50 bits per heavy atom. The highest BCUT2D eigenvalue weighted by atomic mass is 19.4. The van der Waals surface area contributed by atoms with E-state index in [9.17, 15) is 13.2 Å². The summed E-state index contributed by atoms with van der Waals surface area (Å²) in [4.78, 5) is 4.76. The fraction of sp³-hybridized carbons (Fsp3) is 0.250. The minimum atomic E-state index is -4.36. The minimum Gasteiger partial charge on any atom is -0.276 e. The van der Waals surface area contributed by atoms with Gasteiger partial charge in [-0.1, -0.05) is 24.3 Å². The maximum absolute atomic E-state index is 13.1. The Labute approximate surface area is 148 Å². The van der Waals surface area contributed by atoms with E-state index in [-0.39, 0.29) is 0 Å². The molecule has 0 saturated heterocycles. The molecule has 4 rings (SSSR count). The van der Waals surface area contributed by atoms with Crippen molar-refractivity contribution in [2.24, 2.45) is 4.99 Å². The molecule has 0 atom stereocenters. The molecule has 0 bridgehead atoms. The number of fused-ring (bicyclic) bond motifs is 2. The molecule has 132 valence electrons. The number of rotatable bonds is 1. The zero-order valence-electron chi connectivity index (χ0n) is 14.3.